The number of nitrogens with zero attached hydrogens (tertiary/aromatic N) is 1. The van der Waals surface area contributed by atoms with Crippen LogP contribution < -0.4 is 6.15 Å². The zero-order chi connectivity index (χ0) is 8.81. The van der Waals surface area contributed by atoms with Gasteiger partial charge < -0.3 is 6.15 Å². The van der Waals surface area contributed by atoms with Crippen molar-refractivity contribution in [3.05, 3.63) is 29.6 Å². The van der Waals surface area contributed by atoms with Gasteiger partial charge in [-0.15, -0.1) is 0 Å². The van der Waals surface area contributed by atoms with E-state index in [1.807, 2.05) is 6.20 Å². The van der Waals surface area contributed by atoms with Crippen LogP contribution in [0.15, 0.2) is 18.3 Å². The summed E-state index contributed by atoms with van der Waals surface area (Å²) in [6, 6.07) is 4.33. The van der Waals surface area contributed by atoms with Gasteiger partial charge in [-0.2, -0.15) is 0 Å². The molecule has 1 heterocycles. The van der Waals surface area contributed by atoms with E-state index in [0.29, 0.717) is 0 Å². The van der Waals surface area contributed by atoms with Gasteiger partial charge in [0.2, 0.25) is 0 Å². The van der Waals surface area contributed by atoms with E-state index in [-0.39, 0.29) is 6.15 Å². The molecule has 0 spiro atoms. The van der Waals surface area contributed by atoms with E-state index in [2.05, 4.69) is 31.0 Å². The topological polar surface area (TPSA) is 47.9 Å². The fourth-order valence-electron chi connectivity index (χ4n) is 1.19. The van der Waals surface area contributed by atoms with E-state index in [1.165, 1.54) is 30.5 Å². The van der Waals surface area contributed by atoms with E-state index < -0.39 is 0 Å². The standard InChI is InChI=1S/C11H17N.H3N/c1-3-5-6-10-7-8-11(4-2)12-9-10;/h7-9H,3-6H2,1-2H3;1H3. The number of unbranched alkanes of at least 4 members (excludes halogenated alkanes) is 1. The molecule has 0 atom stereocenters. The normalized spacial score (nSPS) is 9.38. The lowest BCUT2D eigenvalue weighted by atomic mass is 10.1. The van der Waals surface area contributed by atoms with Crippen molar-refractivity contribution in [1.29, 1.82) is 0 Å². The van der Waals surface area contributed by atoms with Crippen molar-refractivity contribution in [1.82, 2.24) is 11.1 Å². The van der Waals surface area contributed by atoms with Crippen LogP contribution in [0.1, 0.15) is 37.9 Å². The lowest BCUT2D eigenvalue weighted by molar-refractivity contribution is 0.790. The van der Waals surface area contributed by atoms with Gasteiger partial charge in [-0.3, -0.25) is 4.98 Å². The van der Waals surface area contributed by atoms with Crippen LogP contribution in [0.4, 0.5) is 0 Å². The predicted molar refractivity (Wildman–Crippen MR) is 57.2 cm³/mol. The zero-order valence-corrected chi connectivity index (χ0v) is 8.71. The van der Waals surface area contributed by atoms with Crippen molar-refractivity contribution in [3.63, 3.8) is 0 Å². The van der Waals surface area contributed by atoms with Crippen molar-refractivity contribution < 1.29 is 0 Å². The first-order chi connectivity index (χ1) is 5.86. The highest BCUT2D eigenvalue weighted by Crippen LogP contribution is 2.04. The van der Waals surface area contributed by atoms with Crippen LogP contribution in [0.25, 0.3) is 0 Å². The molecule has 1 aromatic heterocycles. The summed E-state index contributed by atoms with van der Waals surface area (Å²) in [6.07, 6.45) is 6.75. The van der Waals surface area contributed by atoms with E-state index in [9.17, 15) is 0 Å². The number of aromatic nitrogens is 1. The molecule has 0 aliphatic rings. The smallest absolute Gasteiger partial charge is 0.0401 e. The Morgan fingerprint density at radius 1 is 1.23 bits per heavy atom. The SMILES string of the molecule is CCCCc1ccc(CC)nc1.N. The van der Waals surface area contributed by atoms with E-state index in [4.69, 9.17) is 0 Å². The lowest BCUT2D eigenvalue weighted by Crippen LogP contribution is -1.90. The van der Waals surface area contributed by atoms with Gasteiger partial charge in [0.05, 0.1) is 0 Å². The van der Waals surface area contributed by atoms with Crippen molar-refractivity contribution in [3.8, 4) is 0 Å². The Labute approximate surface area is 81.0 Å². The second kappa shape index (κ2) is 6.61. The van der Waals surface area contributed by atoms with Gasteiger partial charge in [-0.05, 0) is 30.9 Å². The molecule has 13 heavy (non-hydrogen) atoms. The average Bonchev–Trinajstić information content (AvgIpc) is 2.15. The van der Waals surface area contributed by atoms with Crippen molar-refractivity contribution in [2.24, 2.45) is 0 Å². The molecule has 2 nitrogen and oxygen atoms in total. The number of rotatable bonds is 4. The van der Waals surface area contributed by atoms with Crippen molar-refractivity contribution in [2.45, 2.75) is 39.5 Å². The summed E-state index contributed by atoms with van der Waals surface area (Å²) in [4.78, 5) is 4.35. The first-order valence-electron chi connectivity index (χ1n) is 4.80. The van der Waals surface area contributed by atoms with Gasteiger partial charge in [0.15, 0.2) is 0 Å². The maximum Gasteiger partial charge on any atom is 0.0401 e. The molecule has 0 aliphatic carbocycles. The van der Waals surface area contributed by atoms with E-state index in [1.54, 1.807) is 0 Å². The number of hydrogen-bond donors (Lipinski definition) is 1. The Kier molecular flexibility index (Phi) is 6.15. The second-order valence-electron chi connectivity index (χ2n) is 3.11. The molecule has 2 heteroatoms. The van der Waals surface area contributed by atoms with Crippen LogP contribution in [0.3, 0.4) is 0 Å². The number of pyridine rings is 1. The Hall–Kier alpha value is -0.890. The Bertz CT molecular complexity index is 216. The Morgan fingerprint density at radius 2 is 2.00 bits per heavy atom. The summed E-state index contributed by atoms with van der Waals surface area (Å²) in [7, 11) is 0. The molecule has 0 amide bonds. The monoisotopic (exact) mass is 180 g/mol. The lowest BCUT2D eigenvalue weighted by Gasteiger charge is -1.99. The minimum absolute atomic E-state index is 0. The molecule has 0 aliphatic heterocycles. The first-order valence-corrected chi connectivity index (χ1v) is 4.80. The average molecular weight is 180 g/mol. The minimum atomic E-state index is 0. The fraction of sp³-hybridized carbons (Fsp3) is 0.545. The van der Waals surface area contributed by atoms with Gasteiger partial charge >= 0.3 is 0 Å². The van der Waals surface area contributed by atoms with Gasteiger partial charge in [-0.25, -0.2) is 0 Å². The quantitative estimate of drug-likeness (QED) is 0.773. The van der Waals surface area contributed by atoms with E-state index in [0.717, 1.165) is 6.42 Å². The molecule has 0 unspecified atom stereocenters. The summed E-state index contributed by atoms with van der Waals surface area (Å²) < 4.78 is 0. The van der Waals surface area contributed by atoms with Gasteiger partial charge in [0.25, 0.3) is 0 Å². The summed E-state index contributed by atoms with van der Waals surface area (Å²) in [6.45, 7) is 4.35. The molecule has 0 bridgehead atoms. The van der Waals surface area contributed by atoms with Crippen LogP contribution in [0.5, 0.6) is 0 Å². The highest BCUT2D eigenvalue weighted by molar-refractivity contribution is 5.13. The van der Waals surface area contributed by atoms with E-state index >= 15 is 0 Å². The molecule has 3 N–H and O–H groups in total. The van der Waals surface area contributed by atoms with Crippen molar-refractivity contribution in [2.75, 3.05) is 0 Å². The van der Waals surface area contributed by atoms with Crippen LogP contribution >= 0.6 is 0 Å². The third-order valence-electron chi connectivity index (χ3n) is 2.07. The van der Waals surface area contributed by atoms with Gasteiger partial charge in [-0.1, -0.05) is 26.3 Å². The molecule has 0 fully saturated rings. The van der Waals surface area contributed by atoms with Gasteiger partial charge in [0.1, 0.15) is 0 Å². The predicted octanol–water partition coefficient (Wildman–Crippen LogP) is 3.15. The summed E-state index contributed by atoms with van der Waals surface area (Å²) in [5.74, 6) is 0. The second-order valence-corrected chi connectivity index (χ2v) is 3.11. The highest BCUT2D eigenvalue weighted by atomic mass is 14.7. The zero-order valence-electron chi connectivity index (χ0n) is 8.71. The summed E-state index contributed by atoms with van der Waals surface area (Å²) in [5.41, 5.74) is 2.56. The molecule has 0 radical (unpaired) electrons. The Balaban J connectivity index is 0.00000144. The molecule has 0 aromatic carbocycles. The molecular formula is C11H20N2. The summed E-state index contributed by atoms with van der Waals surface area (Å²) in [5, 5.41) is 0. The van der Waals surface area contributed by atoms with Crippen LogP contribution in [0, 0.1) is 0 Å². The van der Waals surface area contributed by atoms with Gasteiger partial charge in [0, 0.05) is 11.9 Å². The molecule has 0 saturated carbocycles. The fourth-order valence-corrected chi connectivity index (χ4v) is 1.19. The third-order valence-corrected chi connectivity index (χ3v) is 2.07. The molecule has 74 valence electrons. The maximum absolute atomic E-state index is 4.35. The molecule has 1 aromatic rings. The summed E-state index contributed by atoms with van der Waals surface area (Å²) >= 11 is 0. The highest BCUT2D eigenvalue weighted by Gasteiger charge is 1.93. The van der Waals surface area contributed by atoms with Crippen molar-refractivity contribution >= 4 is 0 Å². The number of hydrogen-bond acceptors (Lipinski definition) is 2. The largest absolute Gasteiger partial charge is 0.344 e. The van der Waals surface area contributed by atoms with Crippen LogP contribution in [-0.2, 0) is 12.8 Å². The minimum Gasteiger partial charge on any atom is -0.344 e. The maximum atomic E-state index is 4.35. The number of aryl methyl sites for hydroxylation is 2. The van der Waals surface area contributed by atoms with Crippen LogP contribution in [0.2, 0.25) is 0 Å². The molecular weight excluding hydrogens is 160 g/mol. The molecule has 0 saturated heterocycles. The third kappa shape index (κ3) is 4.04. The van der Waals surface area contributed by atoms with Crippen LogP contribution in [-0.4, -0.2) is 4.98 Å². The molecule has 1 rings (SSSR count). The Morgan fingerprint density at radius 3 is 2.46 bits per heavy atom. The first kappa shape index (κ1) is 12.1.